The molecule has 0 N–H and O–H groups in total. The highest BCUT2D eigenvalue weighted by molar-refractivity contribution is 5.94. The summed E-state index contributed by atoms with van der Waals surface area (Å²) < 4.78 is 7.28. The van der Waals surface area contributed by atoms with E-state index in [4.69, 9.17) is 4.42 Å². The van der Waals surface area contributed by atoms with Crippen LogP contribution in [0.2, 0.25) is 0 Å². The van der Waals surface area contributed by atoms with Crippen LogP contribution in [-0.4, -0.2) is 43.9 Å². The van der Waals surface area contributed by atoms with Crippen LogP contribution < -0.4 is 0 Å². The number of aryl methyl sites for hydroxylation is 2. The summed E-state index contributed by atoms with van der Waals surface area (Å²) in [5.74, 6) is 0.997. The van der Waals surface area contributed by atoms with Crippen LogP contribution in [0.25, 0.3) is 17.3 Å². The molecular formula is C21H25N5O2. The first-order valence-electron chi connectivity index (χ1n) is 9.89. The second-order valence-corrected chi connectivity index (χ2v) is 7.32. The van der Waals surface area contributed by atoms with Crippen molar-refractivity contribution in [1.29, 1.82) is 0 Å². The summed E-state index contributed by atoms with van der Waals surface area (Å²) in [6.07, 6.45) is 5.84. The van der Waals surface area contributed by atoms with E-state index < -0.39 is 0 Å². The van der Waals surface area contributed by atoms with E-state index in [0.717, 1.165) is 37.3 Å². The van der Waals surface area contributed by atoms with Crippen LogP contribution in [0.3, 0.4) is 0 Å². The van der Waals surface area contributed by atoms with Crippen molar-refractivity contribution in [2.45, 2.75) is 46.0 Å². The Hall–Kier alpha value is -2.96. The molecule has 7 heteroatoms. The summed E-state index contributed by atoms with van der Waals surface area (Å²) in [6.45, 7) is 5.39. The van der Waals surface area contributed by atoms with E-state index in [2.05, 4.69) is 15.3 Å². The molecular weight excluding hydrogens is 354 g/mol. The molecule has 0 saturated carbocycles. The first-order chi connectivity index (χ1) is 13.6. The van der Waals surface area contributed by atoms with Gasteiger partial charge in [-0.15, -0.1) is 10.2 Å². The van der Waals surface area contributed by atoms with Crippen LogP contribution in [0.4, 0.5) is 0 Å². The number of hydrogen-bond acceptors (Lipinski definition) is 5. The quantitative estimate of drug-likeness (QED) is 0.689. The summed E-state index contributed by atoms with van der Waals surface area (Å²) in [4.78, 5) is 15.0. The zero-order valence-corrected chi connectivity index (χ0v) is 16.4. The Bertz CT molecular complexity index is 967. The van der Waals surface area contributed by atoms with Gasteiger partial charge in [0.05, 0.1) is 5.69 Å². The topological polar surface area (TPSA) is 77.1 Å². The number of aromatic nitrogens is 4. The van der Waals surface area contributed by atoms with Crippen LogP contribution in [0, 0.1) is 13.8 Å². The largest absolute Gasteiger partial charge is 0.420 e. The first-order valence-corrected chi connectivity index (χ1v) is 9.89. The summed E-state index contributed by atoms with van der Waals surface area (Å²) in [6, 6.07) is 9.55. The van der Waals surface area contributed by atoms with Gasteiger partial charge in [-0.2, -0.15) is 5.10 Å². The third kappa shape index (κ3) is 3.83. The molecule has 4 rings (SSSR count). The summed E-state index contributed by atoms with van der Waals surface area (Å²) in [5.41, 5.74) is 3.10. The van der Waals surface area contributed by atoms with Gasteiger partial charge in [0.15, 0.2) is 0 Å². The van der Waals surface area contributed by atoms with E-state index in [1.807, 2.05) is 42.2 Å². The van der Waals surface area contributed by atoms with E-state index in [1.54, 1.807) is 11.6 Å². The lowest BCUT2D eigenvalue weighted by atomic mass is 10.1. The van der Waals surface area contributed by atoms with Gasteiger partial charge in [0.25, 0.3) is 11.8 Å². The molecule has 1 aromatic carbocycles. The van der Waals surface area contributed by atoms with Crippen LogP contribution in [-0.2, 0) is 0 Å². The molecule has 0 unspecified atom stereocenters. The van der Waals surface area contributed by atoms with Gasteiger partial charge in [-0.3, -0.25) is 4.79 Å². The van der Waals surface area contributed by atoms with Crippen molar-refractivity contribution in [3.8, 4) is 17.3 Å². The fraction of sp³-hybridized carbons (Fsp3) is 0.429. The summed E-state index contributed by atoms with van der Waals surface area (Å²) >= 11 is 0. The smallest absolute Gasteiger partial charge is 0.268 e. The third-order valence-electron chi connectivity index (χ3n) is 5.11. The van der Waals surface area contributed by atoms with Gasteiger partial charge in [-0.1, -0.05) is 25.3 Å². The average molecular weight is 379 g/mol. The molecule has 3 aromatic rings. The zero-order chi connectivity index (χ0) is 19.5. The molecule has 1 fully saturated rings. The van der Waals surface area contributed by atoms with E-state index in [0.29, 0.717) is 23.0 Å². The Morgan fingerprint density at radius 2 is 1.75 bits per heavy atom. The number of nitrogens with zero attached hydrogens (tertiary/aromatic N) is 5. The minimum atomic E-state index is 0.0984. The molecule has 0 atom stereocenters. The van der Waals surface area contributed by atoms with Gasteiger partial charge in [-0.05, 0) is 44.0 Å². The third-order valence-corrected chi connectivity index (χ3v) is 5.11. The molecule has 0 bridgehead atoms. The number of amides is 1. The van der Waals surface area contributed by atoms with Crippen molar-refractivity contribution in [3.05, 3.63) is 47.5 Å². The number of benzene rings is 1. The Labute approximate surface area is 164 Å². The number of hydrogen-bond donors (Lipinski definition) is 0. The van der Waals surface area contributed by atoms with Crippen molar-refractivity contribution >= 4 is 5.91 Å². The molecule has 1 aliphatic rings. The Morgan fingerprint density at radius 1 is 1.00 bits per heavy atom. The standard InChI is InChI=1S/C21H25N5O2/c1-15-13-19(20-23-22-16(2)28-20)24-26(15)18-10-8-9-17(14-18)21(27)25-11-6-4-3-5-7-12-25/h8-10,13-14H,3-7,11-12H2,1-2H3. The predicted octanol–water partition coefficient (Wildman–Crippen LogP) is 3.95. The van der Waals surface area contributed by atoms with Crippen LogP contribution in [0.5, 0.6) is 0 Å². The van der Waals surface area contributed by atoms with Crippen LogP contribution in [0.1, 0.15) is 54.0 Å². The van der Waals surface area contributed by atoms with Crippen LogP contribution in [0.15, 0.2) is 34.7 Å². The molecule has 1 saturated heterocycles. The van der Waals surface area contributed by atoms with Gasteiger partial charge >= 0.3 is 0 Å². The Kier molecular flexibility index (Phi) is 5.23. The van der Waals surface area contributed by atoms with Gasteiger partial charge in [0, 0.05) is 31.3 Å². The van der Waals surface area contributed by atoms with E-state index in [-0.39, 0.29) is 5.91 Å². The van der Waals surface area contributed by atoms with Gasteiger partial charge in [0.1, 0.15) is 5.69 Å². The molecule has 3 heterocycles. The second-order valence-electron chi connectivity index (χ2n) is 7.32. The maximum Gasteiger partial charge on any atom is 0.268 e. The van der Waals surface area contributed by atoms with Crippen molar-refractivity contribution in [2.24, 2.45) is 0 Å². The number of likely N-dealkylation sites (tertiary alicyclic amines) is 1. The second kappa shape index (κ2) is 7.96. The summed E-state index contributed by atoms with van der Waals surface area (Å²) in [7, 11) is 0. The highest BCUT2D eigenvalue weighted by Gasteiger charge is 2.18. The SMILES string of the molecule is Cc1nnc(-c2cc(C)n(-c3cccc(C(=O)N4CCCCCCC4)c3)n2)o1. The van der Waals surface area contributed by atoms with Crippen LogP contribution >= 0.6 is 0 Å². The average Bonchev–Trinajstić information content (AvgIpc) is 3.27. The van der Waals surface area contributed by atoms with Gasteiger partial charge in [-0.25, -0.2) is 4.68 Å². The number of rotatable bonds is 3. The molecule has 0 aliphatic carbocycles. The molecule has 0 spiro atoms. The van der Waals surface area contributed by atoms with Crippen molar-refractivity contribution in [1.82, 2.24) is 24.9 Å². The summed E-state index contributed by atoms with van der Waals surface area (Å²) in [5, 5.41) is 12.5. The van der Waals surface area contributed by atoms with E-state index in [9.17, 15) is 4.79 Å². The molecule has 1 amide bonds. The lowest BCUT2D eigenvalue weighted by molar-refractivity contribution is 0.0742. The highest BCUT2D eigenvalue weighted by Crippen LogP contribution is 2.21. The molecule has 146 valence electrons. The fourth-order valence-corrected chi connectivity index (χ4v) is 3.64. The van der Waals surface area contributed by atoms with Crippen molar-refractivity contribution in [3.63, 3.8) is 0 Å². The van der Waals surface area contributed by atoms with Gasteiger partial charge < -0.3 is 9.32 Å². The maximum atomic E-state index is 13.0. The maximum absolute atomic E-state index is 13.0. The predicted molar refractivity (Wildman–Crippen MR) is 105 cm³/mol. The Balaban J connectivity index is 1.60. The normalized spacial score (nSPS) is 15.3. The fourth-order valence-electron chi connectivity index (χ4n) is 3.64. The number of carbonyl (C=O) groups is 1. The van der Waals surface area contributed by atoms with Crippen molar-refractivity contribution in [2.75, 3.05) is 13.1 Å². The van der Waals surface area contributed by atoms with Gasteiger partial charge in [0.2, 0.25) is 5.89 Å². The minimum Gasteiger partial charge on any atom is -0.420 e. The van der Waals surface area contributed by atoms with E-state index in [1.165, 1.54) is 19.3 Å². The molecule has 28 heavy (non-hydrogen) atoms. The molecule has 0 radical (unpaired) electrons. The minimum absolute atomic E-state index is 0.0984. The van der Waals surface area contributed by atoms with Crippen molar-refractivity contribution < 1.29 is 9.21 Å². The zero-order valence-electron chi connectivity index (χ0n) is 16.4. The first kappa shape index (κ1) is 18.4. The highest BCUT2D eigenvalue weighted by atomic mass is 16.4. The monoisotopic (exact) mass is 379 g/mol. The lowest BCUT2D eigenvalue weighted by Crippen LogP contribution is -2.33. The molecule has 7 nitrogen and oxygen atoms in total. The number of carbonyl (C=O) groups excluding carboxylic acids is 1. The lowest BCUT2D eigenvalue weighted by Gasteiger charge is -2.25. The molecule has 2 aromatic heterocycles. The molecule has 1 aliphatic heterocycles. The Morgan fingerprint density at radius 3 is 2.46 bits per heavy atom. The van der Waals surface area contributed by atoms with E-state index >= 15 is 0 Å².